The van der Waals surface area contributed by atoms with Gasteiger partial charge in [0, 0.05) is 16.9 Å². The Balaban J connectivity index is 1.79. The minimum absolute atomic E-state index is 0.113. The first kappa shape index (κ1) is 31.0. The number of hydrogen-bond donors (Lipinski definition) is 1. The van der Waals surface area contributed by atoms with Crippen LogP contribution in [-0.4, -0.2) is 67.0 Å². The zero-order valence-electron chi connectivity index (χ0n) is 26.1. The van der Waals surface area contributed by atoms with Gasteiger partial charge in [0.25, 0.3) is 5.91 Å². The molecule has 11 nitrogen and oxygen atoms in total. The van der Waals surface area contributed by atoms with Crippen LogP contribution in [0.25, 0.3) is 0 Å². The van der Waals surface area contributed by atoms with Gasteiger partial charge in [0.1, 0.15) is 16.9 Å². The molecule has 1 saturated heterocycles. The molecule has 2 amide bonds. The predicted molar refractivity (Wildman–Crippen MR) is 166 cm³/mol. The van der Waals surface area contributed by atoms with Crippen LogP contribution in [0.2, 0.25) is 0 Å². The monoisotopic (exact) mass is 625 g/mol. The van der Waals surface area contributed by atoms with E-state index in [-0.39, 0.29) is 31.9 Å². The fourth-order valence-corrected chi connectivity index (χ4v) is 7.88. The van der Waals surface area contributed by atoms with Gasteiger partial charge in [0.2, 0.25) is 11.4 Å². The molecule has 0 aliphatic carbocycles. The van der Waals surface area contributed by atoms with Gasteiger partial charge in [0.15, 0.2) is 0 Å². The van der Waals surface area contributed by atoms with E-state index in [0.29, 0.717) is 16.9 Å². The SMILES string of the molecule is CCOC(=O)C1C(C(=O)OCC)(C(=O)OCC)N(C)C2(C(=O)N(Cc3ccccc3)c3ccccc32)C12C(=O)Nc1ccccc12. The molecule has 3 aliphatic heterocycles. The molecule has 1 fully saturated rings. The summed E-state index contributed by atoms with van der Waals surface area (Å²) in [4.78, 5) is 76.7. The van der Waals surface area contributed by atoms with E-state index in [2.05, 4.69) is 5.32 Å². The van der Waals surface area contributed by atoms with E-state index in [1.54, 1.807) is 69.3 Å². The zero-order valence-corrected chi connectivity index (χ0v) is 26.1. The van der Waals surface area contributed by atoms with Crippen molar-refractivity contribution in [3.63, 3.8) is 0 Å². The van der Waals surface area contributed by atoms with Crippen LogP contribution in [0.5, 0.6) is 0 Å². The maximum Gasteiger partial charge on any atom is 0.339 e. The molecule has 3 aliphatic rings. The van der Waals surface area contributed by atoms with Crippen molar-refractivity contribution in [1.82, 2.24) is 4.90 Å². The van der Waals surface area contributed by atoms with Crippen molar-refractivity contribution in [3.8, 4) is 0 Å². The molecule has 3 unspecified atom stereocenters. The van der Waals surface area contributed by atoms with Gasteiger partial charge >= 0.3 is 17.9 Å². The number of para-hydroxylation sites is 2. The van der Waals surface area contributed by atoms with E-state index in [0.717, 1.165) is 5.56 Å². The minimum atomic E-state index is -2.61. The summed E-state index contributed by atoms with van der Waals surface area (Å²) in [6.07, 6.45) is 0. The lowest BCUT2D eigenvalue weighted by molar-refractivity contribution is -0.183. The number of anilines is 2. The van der Waals surface area contributed by atoms with Crippen LogP contribution in [0.15, 0.2) is 78.9 Å². The number of nitrogens with one attached hydrogen (secondary N) is 1. The fourth-order valence-electron chi connectivity index (χ4n) is 7.88. The average Bonchev–Trinajstić information content (AvgIpc) is 3.57. The van der Waals surface area contributed by atoms with Crippen LogP contribution in [0.3, 0.4) is 0 Å². The van der Waals surface area contributed by atoms with Crippen LogP contribution in [0.4, 0.5) is 11.4 Å². The Morgan fingerprint density at radius 3 is 1.96 bits per heavy atom. The normalized spacial score (nSPS) is 24.1. The Kier molecular flexibility index (Phi) is 7.68. The lowest BCUT2D eigenvalue weighted by Crippen LogP contribution is -2.65. The number of carbonyl (C=O) groups excluding carboxylic acids is 5. The van der Waals surface area contributed by atoms with Gasteiger partial charge in [-0.3, -0.25) is 19.3 Å². The summed E-state index contributed by atoms with van der Waals surface area (Å²) in [6, 6.07) is 22.9. The predicted octanol–water partition coefficient (Wildman–Crippen LogP) is 3.31. The van der Waals surface area contributed by atoms with Crippen molar-refractivity contribution < 1.29 is 38.2 Å². The maximum absolute atomic E-state index is 15.5. The van der Waals surface area contributed by atoms with Gasteiger partial charge < -0.3 is 24.4 Å². The van der Waals surface area contributed by atoms with Crippen molar-refractivity contribution in [2.45, 2.75) is 43.8 Å². The second kappa shape index (κ2) is 11.4. The molecule has 3 aromatic rings. The molecule has 46 heavy (non-hydrogen) atoms. The van der Waals surface area contributed by atoms with Gasteiger partial charge in [-0.05, 0) is 51.1 Å². The lowest BCUT2D eigenvalue weighted by atomic mass is 9.57. The molecular weight excluding hydrogens is 590 g/mol. The molecule has 0 aromatic heterocycles. The van der Waals surface area contributed by atoms with Gasteiger partial charge in [-0.2, -0.15) is 0 Å². The van der Waals surface area contributed by atoms with Crippen LogP contribution in [-0.2, 0) is 55.7 Å². The van der Waals surface area contributed by atoms with Crippen molar-refractivity contribution >= 4 is 41.1 Å². The molecule has 0 bridgehead atoms. The molecule has 1 N–H and O–H groups in total. The number of rotatable bonds is 8. The molecule has 3 atom stereocenters. The molecule has 0 saturated carbocycles. The Hall–Kier alpha value is -5.03. The average molecular weight is 626 g/mol. The lowest BCUT2D eigenvalue weighted by Gasteiger charge is -2.43. The Morgan fingerprint density at radius 2 is 1.33 bits per heavy atom. The first-order chi connectivity index (χ1) is 22.2. The Bertz CT molecular complexity index is 1720. The number of amides is 2. The summed E-state index contributed by atoms with van der Waals surface area (Å²) in [5.74, 6) is -6.52. The Morgan fingerprint density at radius 1 is 0.761 bits per heavy atom. The van der Waals surface area contributed by atoms with E-state index in [1.165, 1.54) is 16.8 Å². The zero-order chi connectivity index (χ0) is 32.9. The number of esters is 3. The van der Waals surface area contributed by atoms with E-state index in [9.17, 15) is 19.2 Å². The van der Waals surface area contributed by atoms with E-state index < -0.39 is 52.1 Å². The standard InChI is InChI=1S/C35H35N3O8/c1-5-44-28(39)27-33(23-17-11-13-19-25(23)36-29(33)40)35(37(4)34(27,31(42)45-6-2)32(43)46-7-3)24-18-12-14-20-26(24)38(30(35)41)21-22-15-9-8-10-16-22/h8-20,27H,5-7,21H2,1-4H3,(H,36,40). The van der Waals surface area contributed by atoms with E-state index in [4.69, 9.17) is 14.2 Å². The van der Waals surface area contributed by atoms with Crippen molar-refractivity contribution in [2.24, 2.45) is 5.92 Å². The number of nitrogens with zero attached hydrogens (tertiary/aromatic N) is 2. The molecular formula is C35H35N3O8. The number of likely N-dealkylation sites (N-methyl/N-ethyl adjacent to an activating group) is 1. The second-order valence-electron chi connectivity index (χ2n) is 11.4. The first-order valence-electron chi connectivity index (χ1n) is 15.3. The smallest absolute Gasteiger partial charge is 0.339 e. The van der Waals surface area contributed by atoms with Crippen molar-refractivity contribution in [2.75, 3.05) is 37.1 Å². The number of carbonyl (C=O) groups is 5. The largest absolute Gasteiger partial charge is 0.466 e. The third-order valence-corrected chi connectivity index (χ3v) is 9.43. The minimum Gasteiger partial charge on any atom is -0.466 e. The Labute approximate surface area is 266 Å². The summed E-state index contributed by atoms with van der Waals surface area (Å²) in [6.45, 7) is 4.38. The van der Waals surface area contributed by atoms with Crippen molar-refractivity contribution in [1.29, 1.82) is 0 Å². The molecule has 2 spiro atoms. The van der Waals surface area contributed by atoms with Gasteiger partial charge in [0.05, 0.1) is 26.4 Å². The summed E-state index contributed by atoms with van der Waals surface area (Å²) < 4.78 is 16.7. The van der Waals surface area contributed by atoms with Gasteiger partial charge in [-0.1, -0.05) is 66.7 Å². The molecule has 238 valence electrons. The second-order valence-corrected chi connectivity index (χ2v) is 11.4. The third-order valence-electron chi connectivity index (χ3n) is 9.43. The van der Waals surface area contributed by atoms with Gasteiger partial charge in [-0.15, -0.1) is 0 Å². The summed E-state index contributed by atoms with van der Waals surface area (Å²) in [7, 11) is 1.41. The quantitative estimate of drug-likeness (QED) is 0.228. The van der Waals surface area contributed by atoms with Crippen LogP contribution >= 0.6 is 0 Å². The highest BCUT2D eigenvalue weighted by atomic mass is 16.6. The highest BCUT2D eigenvalue weighted by molar-refractivity contribution is 6.24. The molecule has 3 heterocycles. The van der Waals surface area contributed by atoms with E-state index in [1.807, 2.05) is 30.3 Å². The highest BCUT2D eigenvalue weighted by Gasteiger charge is 2.89. The highest BCUT2D eigenvalue weighted by Crippen LogP contribution is 2.69. The molecule has 3 aromatic carbocycles. The summed E-state index contributed by atoms with van der Waals surface area (Å²) in [5, 5.41) is 2.88. The number of hydrogen-bond acceptors (Lipinski definition) is 9. The van der Waals surface area contributed by atoms with Crippen molar-refractivity contribution in [3.05, 3.63) is 95.6 Å². The molecule has 11 heteroatoms. The maximum atomic E-state index is 15.5. The van der Waals surface area contributed by atoms with Crippen LogP contribution in [0.1, 0.15) is 37.5 Å². The number of likely N-dealkylation sites (tertiary alicyclic amines) is 1. The van der Waals surface area contributed by atoms with Gasteiger partial charge in [-0.25, -0.2) is 9.59 Å². The third kappa shape index (κ3) is 3.72. The topological polar surface area (TPSA) is 132 Å². The fraction of sp³-hybridized carbons (Fsp3) is 0.343. The molecule has 0 radical (unpaired) electrons. The number of ether oxygens (including phenoxy) is 3. The number of fused-ring (bicyclic) bond motifs is 5. The summed E-state index contributed by atoms with van der Waals surface area (Å²) in [5.41, 5.74) is -4.71. The summed E-state index contributed by atoms with van der Waals surface area (Å²) >= 11 is 0. The number of benzene rings is 3. The molecule has 6 rings (SSSR count). The first-order valence-corrected chi connectivity index (χ1v) is 15.3. The van der Waals surface area contributed by atoms with Crippen LogP contribution < -0.4 is 10.2 Å². The van der Waals surface area contributed by atoms with Crippen LogP contribution in [0, 0.1) is 5.92 Å². The van der Waals surface area contributed by atoms with E-state index >= 15 is 4.79 Å².